The summed E-state index contributed by atoms with van der Waals surface area (Å²) in [5.74, 6) is -4.82. The fraction of sp³-hybridized carbons (Fsp3) is 0.346. The van der Waals surface area contributed by atoms with E-state index in [0.717, 1.165) is 29.3 Å². The second kappa shape index (κ2) is 21.3. The zero-order chi connectivity index (χ0) is 53.3. The molecule has 4 aliphatic heterocycles. The monoisotopic (exact) mass is 1050 g/mol. The van der Waals surface area contributed by atoms with Crippen molar-refractivity contribution in [3.63, 3.8) is 0 Å². The van der Waals surface area contributed by atoms with Crippen LogP contribution in [0.3, 0.4) is 0 Å². The van der Waals surface area contributed by atoms with Gasteiger partial charge in [0, 0.05) is 67.1 Å². The summed E-state index contributed by atoms with van der Waals surface area (Å²) in [6.45, 7) is 0.550. The van der Waals surface area contributed by atoms with E-state index in [1.807, 2.05) is 71.6 Å². The molecule has 392 valence electrons. The van der Waals surface area contributed by atoms with Crippen LogP contribution in [0.1, 0.15) is 99.7 Å². The number of fused-ring (bicyclic) bond motifs is 3. The number of H-pyrrole nitrogens is 1. The number of amides is 8. The van der Waals surface area contributed by atoms with Gasteiger partial charge in [-0.1, -0.05) is 78.9 Å². The number of halogens is 2. The van der Waals surface area contributed by atoms with E-state index in [2.05, 4.69) is 26.3 Å². The van der Waals surface area contributed by atoms with Gasteiger partial charge in [-0.2, -0.15) is 8.78 Å². The van der Waals surface area contributed by atoms with Gasteiger partial charge in [0.15, 0.2) is 0 Å². The minimum Gasteiger partial charge on any atom is -0.370 e. The number of nitrogens with two attached hydrogens (primary N) is 1. The number of hydrogen-bond acceptors (Lipinski definition) is 10. The van der Waals surface area contributed by atoms with Crippen molar-refractivity contribution >= 4 is 65.8 Å². The van der Waals surface area contributed by atoms with E-state index in [-0.39, 0.29) is 74.2 Å². The smallest absolute Gasteiger partial charge is 0.370 e. The second-order valence-corrected chi connectivity index (χ2v) is 21.0. The first kappa shape index (κ1) is 52.2. The molecule has 23 heteroatoms. The zero-order valence-corrected chi connectivity index (χ0v) is 41.1. The van der Waals surface area contributed by atoms with Gasteiger partial charge in [-0.05, 0) is 78.6 Å². The van der Waals surface area contributed by atoms with Gasteiger partial charge in [0.2, 0.25) is 35.4 Å². The van der Waals surface area contributed by atoms with Crippen LogP contribution in [0.4, 0.5) is 8.78 Å². The van der Waals surface area contributed by atoms with Gasteiger partial charge >= 0.3 is 13.3 Å². The van der Waals surface area contributed by atoms with E-state index < -0.39 is 96.4 Å². The lowest BCUT2D eigenvalue weighted by molar-refractivity contribution is -0.144. The van der Waals surface area contributed by atoms with Crippen molar-refractivity contribution in [1.29, 1.82) is 0 Å². The van der Waals surface area contributed by atoms with Crippen LogP contribution in [-0.2, 0) is 52.1 Å². The maximum Gasteiger partial charge on any atom is 0.399 e. The van der Waals surface area contributed by atoms with Crippen molar-refractivity contribution in [2.45, 2.75) is 99.9 Å². The Bertz CT molecular complexity index is 3100. The number of carbonyl (C=O) groups excluding carboxylic acids is 8. The van der Waals surface area contributed by atoms with Crippen molar-refractivity contribution < 1.29 is 61.5 Å². The molecule has 0 spiro atoms. The van der Waals surface area contributed by atoms with Gasteiger partial charge < -0.3 is 46.3 Å². The van der Waals surface area contributed by atoms with Crippen molar-refractivity contribution in [3.8, 4) is 0 Å². The first-order chi connectivity index (χ1) is 35.7. The molecule has 0 saturated carbocycles. The molecule has 4 aromatic carbocycles. The first-order valence-corrected chi connectivity index (χ1v) is 26.0. The third-order valence-corrected chi connectivity index (χ3v) is 15.3. The Balaban J connectivity index is 0.975. The highest BCUT2D eigenvalue weighted by Gasteiger charge is 2.51. The summed E-state index contributed by atoms with van der Waals surface area (Å²) >= 11 is 0. The number of hydrogen-bond donors (Lipinski definition) is 8. The van der Waals surface area contributed by atoms with Gasteiger partial charge in [-0.15, -0.1) is 0 Å². The molecule has 0 bridgehead atoms. The average Bonchev–Trinajstić information content (AvgIpc) is 4.10. The number of nitrogens with one attached hydrogen (secondary N) is 5. The Labute approximate surface area is 427 Å². The number of rotatable bonds is 16. The fourth-order valence-electron chi connectivity index (χ4n) is 10.5. The lowest BCUT2D eigenvalue weighted by Gasteiger charge is -2.39. The second-order valence-electron chi connectivity index (χ2n) is 19.3. The predicted molar refractivity (Wildman–Crippen MR) is 265 cm³/mol. The molecule has 0 aliphatic carbocycles. The van der Waals surface area contributed by atoms with Crippen molar-refractivity contribution in [3.05, 3.63) is 142 Å². The van der Waals surface area contributed by atoms with Gasteiger partial charge in [0.25, 0.3) is 11.8 Å². The molecule has 0 radical (unpaired) electrons. The van der Waals surface area contributed by atoms with Crippen molar-refractivity contribution in [2.75, 3.05) is 13.1 Å². The van der Waals surface area contributed by atoms with Crippen LogP contribution in [-0.4, -0.2) is 120 Å². The highest BCUT2D eigenvalue weighted by Crippen LogP contribution is 2.59. The quantitative estimate of drug-likeness (QED) is 0.0523. The van der Waals surface area contributed by atoms with Gasteiger partial charge in [-0.3, -0.25) is 53.1 Å². The number of aromatic amines is 1. The minimum atomic E-state index is -5.92. The Kier molecular flexibility index (Phi) is 14.8. The van der Waals surface area contributed by atoms with Gasteiger partial charge in [0.1, 0.15) is 29.9 Å². The van der Waals surface area contributed by atoms with Gasteiger partial charge in [-0.25, -0.2) is 0 Å². The molecule has 9 N–H and O–H groups in total. The maximum absolute atomic E-state index is 15.1. The lowest BCUT2D eigenvalue weighted by Crippen LogP contribution is -2.61. The average molecular weight is 1050 g/mol. The molecular formula is C52H54F2N9O11P. The number of carbonyl (C=O) groups is 8. The summed E-state index contributed by atoms with van der Waals surface area (Å²) in [6.07, 6.45) is 0.764. The van der Waals surface area contributed by atoms with E-state index in [4.69, 9.17) is 5.73 Å². The summed E-state index contributed by atoms with van der Waals surface area (Å²) in [5.41, 5.74) is 3.25. The van der Waals surface area contributed by atoms with Crippen LogP contribution < -0.4 is 27.0 Å². The van der Waals surface area contributed by atoms with Crippen LogP contribution in [0, 0.1) is 0 Å². The molecule has 8 amide bonds. The Morgan fingerprint density at radius 2 is 1.56 bits per heavy atom. The predicted octanol–water partition coefficient (Wildman–Crippen LogP) is 3.18. The van der Waals surface area contributed by atoms with Gasteiger partial charge in [0.05, 0.1) is 6.04 Å². The first-order valence-electron chi connectivity index (χ1n) is 24.4. The van der Waals surface area contributed by atoms with E-state index in [9.17, 15) is 56.7 Å². The third kappa shape index (κ3) is 11.1. The SMILES string of the molecule is NC(=O)CC[C@H](NC(=O)[C@@H]1CC[C@@H]2CCN(Cc3ccc4c(c3)C(=O)N(C3CCC(=O)NC3=O)C4)C[C@H](NC(=O)c3cc4cc(C(F)(F)P(=O)(O)O)ccc4[nH]3)C(=O)N21)C(=O)NC(c1ccccc1)c1ccccc1. The molecular weight excluding hydrogens is 996 g/mol. The fourth-order valence-corrected chi connectivity index (χ4v) is 10.9. The largest absolute Gasteiger partial charge is 0.399 e. The van der Waals surface area contributed by atoms with Crippen LogP contribution >= 0.6 is 7.60 Å². The molecule has 3 fully saturated rings. The molecule has 5 aromatic rings. The van der Waals surface area contributed by atoms with Crippen LogP contribution in [0.5, 0.6) is 0 Å². The number of imide groups is 1. The number of aromatic nitrogens is 1. The number of piperidine rings is 1. The molecule has 75 heavy (non-hydrogen) atoms. The summed E-state index contributed by atoms with van der Waals surface area (Å²) in [5, 5.41) is 10.9. The molecule has 20 nitrogen and oxygen atoms in total. The highest BCUT2D eigenvalue weighted by atomic mass is 31.2. The molecule has 4 aliphatic rings. The third-order valence-electron chi connectivity index (χ3n) is 14.3. The highest BCUT2D eigenvalue weighted by molar-refractivity contribution is 7.52. The topological polar surface area (TPSA) is 294 Å². The van der Waals surface area contributed by atoms with Crippen LogP contribution in [0.25, 0.3) is 10.9 Å². The summed E-state index contributed by atoms with van der Waals surface area (Å²) < 4.78 is 41.1. The summed E-state index contributed by atoms with van der Waals surface area (Å²) in [7, 11) is -5.92. The standard InChI is InChI=1S/C52H54F2N9O11P/c53-52(54,75(72,73)74)34-13-15-37-33(24-34)25-39(56-37)47(67)58-40-28-61(26-29-11-12-32-27-62(50(70)36(32)23-29)41-18-20-44(65)59-48(41)68)22-21-35-14-17-42(63(35)51(40)71)49(69)57-38(16-19-43(55)64)46(66)60-45(30-7-3-1-4-8-30)31-9-5-2-6-10-31/h1-13,15,23-25,35,38,40-42,45,56H,14,16-22,26-28H2,(H2,55,64)(H,57,69)(H,58,67)(H,60,66)(H,59,65,68)(H2,72,73,74)/t35-,38+,40+,41?,42+/m1/s1. The molecule has 9 rings (SSSR count). The number of nitrogens with zero attached hydrogens (tertiary/aromatic N) is 3. The summed E-state index contributed by atoms with van der Waals surface area (Å²) in [4.78, 5) is 135. The Morgan fingerprint density at radius 1 is 0.853 bits per heavy atom. The molecule has 3 saturated heterocycles. The molecule has 1 unspecified atom stereocenters. The molecule has 5 atom stereocenters. The van der Waals surface area contributed by atoms with E-state index in [0.29, 0.717) is 36.1 Å². The van der Waals surface area contributed by atoms with Crippen LogP contribution in [0.2, 0.25) is 0 Å². The zero-order valence-electron chi connectivity index (χ0n) is 40.2. The minimum absolute atomic E-state index is 0.0175. The van der Waals surface area contributed by atoms with E-state index >= 15 is 4.79 Å². The summed E-state index contributed by atoms with van der Waals surface area (Å²) in [6, 6.07) is 21.9. The number of primary amides is 1. The van der Waals surface area contributed by atoms with Crippen LogP contribution in [0.15, 0.2) is 103 Å². The Morgan fingerprint density at radius 3 is 2.23 bits per heavy atom. The molecule has 1 aromatic heterocycles. The Hall–Kier alpha value is -7.65. The molecule has 5 heterocycles. The lowest BCUT2D eigenvalue weighted by atomic mass is 9.98. The van der Waals surface area contributed by atoms with Crippen molar-refractivity contribution in [1.82, 2.24) is 41.0 Å². The number of alkyl halides is 2. The normalized spacial score (nSPS) is 20.8. The van der Waals surface area contributed by atoms with E-state index in [1.165, 1.54) is 15.9 Å². The van der Waals surface area contributed by atoms with E-state index in [1.54, 1.807) is 12.1 Å². The van der Waals surface area contributed by atoms with Crippen molar-refractivity contribution in [2.24, 2.45) is 5.73 Å². The number of benzene rings is 4. The maximum atomic E-state index is 15.1.